The predicted octanol–water partition coefficient (Wildman–Crippen LogP) is 3.85. The first-order valence-electron chi connectivity index (χ1n) is 6.96. The third-order valence-electron chi connectivity index (χ3n) is 3.14. The van der Waals surface area contributed by atoms with Crippen LogP contribution in [0.5, 0.6) is 0 Å². The lowest BCUT2D eigenvalue weighted by Crippen LogP contribution is -2.23. The van der Waals surface area contributed by atoms with Crippen LogP contribution in [0.4, 0.5) is 0 Å². The lowest BCUT2D eigenvalue weighted by atomic mass is 10.1. The smallest absolute Gasteiger partial charge is 0.261 e. The number of benzene rings is 1. The zero-order chi connectivity index (χ0) is 15.2. The highest BCUT2D eigenvalue weighted by Gasteiger charge is 2.13. The van der Waals surface area contributed by atoms with Gasteiger partial charge >= 0.3 is 0 Å². The van der Waals surface area contributed by atoms with Gasteiger partial charge in [0, 0.05) is 16.4 Å². The van der Waals surface area contributed by atoms with E-state index in [1.807, 2.05) is 37.3 Å². The predicted molar refractivity (Wildman–Crippen MR) is 90.1 cm³/mol. The molecule has 0 saturated heterocycles. The maximum atomic E-state index is 12.1. The van der Waals surface area contributed by atoms with E-state index in [1.165, 1.54) is 11.3 Å². The Morgan fingerprint density at radius 1 is 1.33 bits per heavy atom. The summed E-state index contributed by atoms with van der Waals surface area (Å²) in [7, 11) is 0. The van der Waals surface area contributed by atoms with Crippen LogP contribution in [0.15, 0.2) is 30.3 Å². The average molecular weight is 323 g/mol. The molecule has 0 radical (unpaired) electrons. The van der Waals surface area contributed by atoms with Gasteiger partial charge in [-0.2, -0.15) is 0 Å². The van der Waals surface area contributed by atoms with Gasteiger partial charge in [0.1, 0.15) is 0 Å². The standard InChI is InChI=1S/C16H19ClN2OS/c1-11-9-14(16(20)19-8-3-2-7-18)21-15(11)12-5-4-6-13(17)10-12/h4-6,9-10H,2-3,7-8,18H2,1H3,(H,19,20). The molecule has 0 unspecified atom stereocenters. The number of hydrogen-bond acceptors (Lipinski definition) is 3. The van der Waals surface area contributed by atoms with Gasteiger partial charge in [0.2, 0.25) is 0 Å². The van der Waals surface area contributed by atoms with Crippen LogP contribution < -0.4 is 11.1 Å². The Kier molecular flexibility index (Phi) is 5.79. The van der Waals surface area contributed by atoms with Crippen LogP contribution in [0.1, 0.15) is 28.1 Å². The Bertz CT molecular complexity index is 624. The number of aryl methyl sites for hydroxylation is 1. The summed E-state index contributed by atoms with van der Waals surface area (Å²) >= 11 is 7.53. The normalized spacial score (nSPS) is 10.6. The zero-order valence-corrected chi connectivity index (χ0v) is 13.6. The molecule has 0 aliphatic rings. The van der Waals surface area contributed by atoms with Crippen LogP contribution >= 0.6 is 22.9 Å². The summed E-state index contributed by atoms with van der Waals surface area (Å²) in [6.07, 6.45) is 1.84. The van der Waals surface area contributed by atoms with Gasteiger partial charge in [-0.1, -0.05) is 23.7 Å². The number of nitrogens with one attached hydrogen (secondary N) is 1. The minimum absolute atomic E-state index is 0.0200. The molecular weight excluding hydrogens is 304 g/mol. The van der Waals surface area contributed by atoms with Crippen LogP contribution in [-0.4, -0.2) is 19.0 Å². The van der Waals surface area contributed by atoms with Gasteiger partial charge in [0.25, 0.3) is 5.91 Å². The van der Waals surface area contributed by atoms with Crippen molar-refractivity contribution in [2.45, 2.75) is 19.8 Å². The van der Waals surface area contributed by atoms with Crippen LogP contribution in [-0.2, 0) is 0 Å². The van der Waals surface area contributed by atoms with E-state index in [0.717, 1.165) is 33.7 Å². The second-order valence-corrected chi connectivity index (χ2v) is 6.37. The molecule has 3 nitrogen and oxygen atoms in total. The first kappa shape index (κ1) is 16.0. The largest absolute Gasteiger partial charge is 0.351 e. The molecule has 3 N–H and O–H groups in total. The number of thiophene rings is 1. The van der Waals surface area contributed by atoms with Crippen molar-refractivity contribution in [3.63, 3.8) is 0 Å². The van der Waals surface area contributed by atoms with Crippen molar-refractivity contribution in [3.05, 3.63) is 45.8 Å². The fraction of sp³-hybridized carbons (Fsp3) is 0.312. The van der Waals surface area contributed by atoms with Gasteiger partial charge in [-0.3, -0.25) is 4.79 Å². The van der Waals surface area contributed by atoms with E-state index in [-0.39, 0.29) is 5.91 Å². The Morgan fingerprint density at radius 2 is 2.14 bits per heavy atom. The van der Waals surface area contributed by atoms with Crippen molar-refractivity contribution in [1.82, 2.24) is 5.32 Å². The second kappa shape index (κ2) is 7.59. The first-order valence-corrected chi connectivity index (χ1v) is 8.16. The minimum Gasteiger partial charge on any atom is -0.351 e. The molecule has 1 aromatic heterocycles. The first-order chi connectivity index (χ1) is 10.1. The summed E-state index contributed by atoms with van der Waals surface area (Å²) in [5, 5.41) is 3.63. The average Bonchev–Trinajstić information content (AvgIpc) is 2.85. The number of hydrogen-bond donors (Lipinski definition) is 2. The molecule has 21 heavy (non-hydrogen) atoms. The maximum Gasteiger partial charge on any atom is 0.261 e. The van der Waals surface area contributed by atoms with Crippen molar-refractivity contribution in [3.8, 4) is 10.4 Å². The highest BCUT2D eigenvalue weighted by molar-refractivity contribution is 7.17. The lowest BCUT2D eigenvalue weighted by molar-refractivity contribution is 0.0957. The maximum absolute atomic E-state index is 12.1. The number of unbranched alkanes of at least 4 members (excludes halogenated alkanes) is 1. The van der Waals surface area contributed by atoms with E-state index in [9.17, 15) is 4.79 Å². The molecule has 5 heteroatoms. The molecule has 0 bridgehead atoms. The molecule has 2 aromatic rings. The third kappa shape index (κ3) is 4.30. The van der Waals surface area contributed by atoms with E-state index in [2.05, 4.69) is 5.32 Å². The summed E-state index contributed by atoms with van der Waals surface area (Å²) in [5.41, 5.74) is 7.58. The van der Waals surface area contributed by atoms with Crippen molar-refractivity contribution in [2.75, 3.05) is 13.1 Å². The number of rotatable bonds is 6. The molecule has 1 aromatic carbocycles. The van der Waals surface area contributed by atoms with Crippen molar-refractivity contribution in [2.24, 2.45) is 5.73 Å². The highest BCUT2D eigenvalue weighted by Crippen LogP contribution is 2.33. The van der Waals surface area contributed by atoms with Gasteiger partial charge in [-0.15, -0.1) is 11.3 Å². The van der Waals surface area contributed by atoms with Gasteiger partial charge in [0.15, 0.2) is 0 Å². The molecule has 0 aliphatic heterocycles. The number of carbonyl (C=O) groups is 1. The van der Waals surface area contributed by atoms with Gasteiger partial charge in [0.05, 0.1) is 4.88 Å². The molecule has 2 rings (SSSR count). The van der Waals surface area contributed by atoms with Crippen molar-refractivity contribution >= 4 is 28.8 Å². The molecule has 0 fully saturated rings. The summed E-state index contributed by atoms with van der Waals surface area (Å²) in [5.74, 6) is -0.0200. The minimum atomic E-state index is -0.0200. The molecule has 0 spiro atoms. The molecular formula is C16H19ClN2OS. The summed E-state index contributed by atoms with van der Waals surface area (Å²) in [6.45, 7) is 3.34. The summed E-state index contributed by atoms with van der Waals surface area (Å²) in [6, 6.07) is 9.62. The van der Waals surface area contributed by atoms with E-state index in [1.54, 1.807) is 0 Å². The summed E-state index contributed by atoms with van der Waals surface area (Å²) in [4.78, 5) is 13.9. The number of carbonyl (C=O) groups excluding carboxylic acids is 1. The fourth-order valence-corrected chi connectivity index (χ4v) is 3.34. The molecule has 0 atom stereocenters. The van der Waals surface area contributed by atoms with Crippen LogP contribution in [0.25, 0.3) is 10.4 Å². The molecule has 1 amide bonds. The molecule has 1 heterocycles. The van der Waals surface area contributed by atoms with Crippen LogP contribution in [0.3, 0.4) is 0 Å². The monoisotopic (exact) mass is 322 g/mol. The van der Waals surface area contributed by atoms with E-state index in [4.69, 9.17) is 17.3 Å². The van der Waals surface area contributed by atoms with Crippen LogP contribution in [0.2, 0.25) is 5.02 Å². The SMILES string of the molecule is Cc1cc(C(=O)NCCCCN)sc1-c1cccc(Cl)c1. The number of halogens is 1. The Hall–Kier alpha value is -1.36. The highest BCUT2D eigenvalue weighted by atomic mass is 35.5. The third-order valence-corrected chi connectivity index (χ3v) is 4.66. The molecule has 0 saturated carbocycles. The van der Waals surface area contributed by atoms with Gasteiger partial charge in [-0.05, 0) is 55.6 Å². The second-order valence-electron chi connectivity index (χ2n) is 4.88. The van der Waals surface area contributed by atoms with Crippen molar-refractivity contribution < 1.29 is 4.79 Å². The van der Waals surface area contributed by atoms with E-state index >= 15 is 0 Å². The van der Waals surface area contributed by atoms with Gasteiger partial charge in [-0.25, -0.2) is 0 Å². The molecule has 112 valence electrons. The number of amides is 1. The Labute approximate surface area is 134 Å². The fourth-order valence-electron chi connectivity index (χ4n) is 2.07. The lowest BCUT2D eigenvalue weighted by Gasteiger charge is -2.02. The van der Waals surface area contributed by atoms with E-state index < -0.39 is 0 Å². The van der Waals surface area contributed by atoms with E-state index in [0.29, 0.717) is 18.1 Å². The Morgan fingerprint density at radius 3 is 2.86 bits per heavy atom. The van der Waals surface area contributed by atoms with Gasteiger partial charge < -0.3 is 11.1 Å². The quantitative estimate of drug-likeness (QED) is 0.794. The van der Waals surface area contributed by atoms with Crippen molar-refractivity contribution in [1.29, 1.82) is 0 Å². The topological polar surface area (TPSA) is 55.1 Å². The Balaban J connectivity index is 2.10. The summed E-state index contributed by atoms with van der Waals surface area (Å²) < 4.78 is 0. The number of nitrogens with two attached hydrogens (primary N) is 1. The van der Waals surface area contributed by atoms with Crippen LogP contribution in [0, 0.1) is 6.92 Å². The zero-order valence-electron chi connectivity index (χ0n) is 12.0. The molecule has 0 aliphatic carbocycles.